The predicted octanol–water partition coefficient (Wildman–Crippen LogP) is 2.04. The van der Waals surface area contributed by atoms with Crippen molar-refractivity contribution in [2.45, 2.75) is 19.1 Å². The summed E-state index contributed by atoms with van der Waals surface area (Å²) in [4.78, 5) is 2.22. The van der Waals surface area contributed by atoms with Crippen molar-refractivity contribution in [3.8, 4) is 0 Å². The van der Waals surface area contributed by atoms with Gasteiger partial charge in [0, 0.05) is 6.04 Å². The van der Waals surface area contributed by atoms with E-state index in [1.54, 1.807) is 0 Å². The summed E-state index contributed by atoms with van der Waals surface area (Å²) < 4.78 is 5.69. The van der Waals surface area contributed by atoms with Gasteiger partial charge in [-0.3, -0.25) is 4.90 Å². The minimum absolute atomic E-state index is 0.242. The van der Waals surface area contributed by atoms with Crippen LogP contribution in [0.15, 0.2) is 30.3 Å². The van der Waals surface area contributed by atoms with Crippen LogP contribution in [0, 0.1) is 0 Å². The van der Waals surface area contributed by atoms with Gasteiger partial charge in [0.2, 0.25) is 0 Å². The van der Waals surface area contributed by atoms with Crippen molar-refractivity contribution >= 4 is 0 Å². The fourth-order valence-electron chi connectivity index (χ4n) is 1.70. The van der Waals surface area contributed by atoms with Crippen LogP contribution in [-0.2, 0) is 4.74 Å². The Morgan fingerprint density at radius 3 is 2.54 bits per heavy atom. The highest BCUT2D eigenvalue weighted by Crippen LogP contribution is 2.29. The Morgan fingerprint density at radius 2 is 2.00 bits per heavy atom. The molecule has 0 N–H and O–H groups in total. The molecule has 0 amide bonds. The molecule has 0 radical (unpaired) electrons. The molecule has 0 aromatic heterocycles. The van der Waals surface area contributed by atoms with E-state index >= 15 is 0 Å². The van der Waals surface area contributed by atoms with Crippen molar-refractivity contribution in [3.63, 3.8) is 0 Å². The van der Waals surface area contributed by atoms with Crippen LogP contribution in [-0.4, -0.2) is 24.7 Å². The van der Waals surface area contributed by atoms with Gasteiger partial charge in [0.05, 0.1) is 12.8 Å². The first-order valence-corrected chi connectivity index (χ1v) is 4.66. The molecule has 2 rings (SSSR count). The first kappa shape index (κ1) is 8.73. The molecule has 0 bridgehead atoms. The molecule has 2 atom stereocenters. The Kier molecular flexibility index (Phi) is 2.34. The second-order valence-corrected chi connectivity index (χ2v) is 3.62. The zero-order chi connectivity index (χ0) is 9.26. The van der Waals surface area contributed by atoms with Gasteiger partial charge in [-0.15, -0.1) is 0 Å². The van der Waals surface area contributed by atoms with E-state index in [2.05, 4.69) is 43.1 Å². The minimum Gasteiger partial charge on any atom is -0.357 e. The molecule has 0 unspecified atom stereocenters. The van der Waals surface area contributed by atoms with Crippen molar-refractivity contribution in [2.24, 2.45) is 0 Å². The third kappa shape index (κ3) is 1.60. The molecular weight excluding hydrogens is 162 g/mol. The monoisotopic (exact) mass is 177 g/mol. The number of hydrogen-bond donors (Lipinski definition) is 0. The quantitative estimate of drug-likeness (QED) is 0.651. The summed E-state index contributed by atoms with van der Waals surface area (Å²) in [6.07, 6.45) is 0.242. The van der Waals surface area contributed by atoms with E-state index in [1.807, 2.05) is 6.07 Å². The Labute approximate surface area is 79.1 Å². The molecule has 1 fully saturated rings. The van der Waals surface area contributed by atoms with Crippen molar-refractivity contribution in [3.05, 3.63) is 35.9 Å². The number of benzene rings is 1. The molecule has 1 saturated heterocycles. The van der Waals surface area contributed by atoms with Gasteiger partial charge in [-0.25, -0.2) is 0 Å². The second-order valence-electron chi connectivity index (χ2n) is 3.62. The van der Waals surface area contributed by atoms with Crippen LogP contribution in [0.5, 0.6) is 0 Å². The summed E-state index contributed by atoms with van der Waals surface area (Å²) in [5.41, 5.74) is 1.28. The van der Waals surface area contributed by atoms with Gasteiger partial charge in [-0.1, -0.05) is 30.3 Å². The Bertz CT molecular complexity index is 273. The van der Waals surface area contributed by atoms with Crippen LogP contribution >= 0.6 is 0 Å². The number of nitrogens with zero attached hydrogens (tertiary/aromatic N) is 1. The molecule has 1 aliphatic rings. The Morgan fingerprint density at radius 1 is 1.31 bits per heavy atom. The van der Waals surface area contributed by atoms with Crippen LogP contribution < -0.4 is 0 Å². The number of rotatable bonds is 1. The summed E-state index contributed by atoms with van der Waals surface area (Å²) >= 11 is 0. The van der Waals surface area contributed by atoms with Crippen LogP contribution in [0.1, 0.15) is 18.6 Å². The third-order valence-electron chi connectivity index (χ3n) is 2.72. The van der Waals surface area contributed by atoms with E-state index in [4.69, 9.17) is 4.74 Å². The molecule has 2 nitrogen and oxygen atoms in total. The largest absolute Gasteiger partial charge is 0.357 e. The Hall–Kier alpha value is -0.860. The lowest BCUT2D eigenvalue weighted by molar-refractivity contribution is 0.0933. The lowest BCUT2D eigenvalue weighted by Crippen LogP contribution is -2.24. The maximum absolute atomic E-state index is 5.69. The predicted molar refractivity (Wildman–Crippen MR) is 52.4 cm³/mol. The van der Waals surface area contributed by atoms with Crippen LogP contribution in [0.3, 0.4) is 0 Å². The highest BCUT2D eigenvalue weighted by molar-refractivity contribution is 5.19. The highest BCUT2D eigenvalue weighted by Gasteiger charge is 2.29. The normalized spacial score (nSPS) is 29.4. The van der Waals surface area contributed by atoms with E-state index < -0.39 is 0 Å². The van der Waals surface area contributed by atoms with Gasteiger partial charge in [-0.05, 0) is 19.5 Å². The van der Waals surface area contributed by atoms with Gasteiger partial charge >= 0.3 is 0 Å². The molecule has 1 aromatic rings. The summed E-state index contributed by atoms with van der Waals surface area (Å²) in [6.45, 7) is 2.94. The summed E-state index contributed by atoms with van der Waals surface area (Å²) in [6, 6.07) is 10.9. The van der Waals surface area contributed by atoms with Crippen molar-refractivity contribution in [1.82, 2.24) is 4.90 Å². The fraction of sp³-hybridized carbons (Fsp3) is 0.455. The van der Waals surface area contributed by atoms with Crippen molar-refractivity contribution in [1.29, 1.82) is 0 Å². The average molecular weight is 177 g/mol. The highest BCUT2D eigenvalue weighted by atomic mass is 16.5. The van der Waals surface area contributed by atoms with Gasteiger partial charge in [-0.2, -0.15) is 0 Å². The Balaban J connectivity index is 2.19. The zero-order valence-electron chi connectivity index (χ0n) is 8.10. The lowest BCUT2D eigenvalue weighted by atomic mass is 10.0. The molecular formula is C11H15NO. The van der Waals surface area contributed by atoms with E-state index in [-0.39, 0.29) is 6.10 Å². The molecule has 0 saturated carbocycles. The number of likely N-dealkylation sites (N-methyl/N-ethyl adjacent to an activating group) is 1. The lowest BCUT2D eigenvalue weighted by Gasteiger charge is -2.17. The topological polar surface area (TPSA) is 12.5 Å². The van der Waals surface area contributed by atoms with Crippen LogP contribution in [0.4, 0.5) is 0 Å². The number of hydrogen-bond acceptors (Lipinski definition) is 2. The molecule has 0 aliphatic carbocycles. The SMILES string of the molecule is C[C@H]1[C@@H](c2ccccc2)OCN1C. The van der Waals surface area contributed by atoms with Crippen molar-refractivity contribution < 1.29 is 4.74 Å². The maximum Gasteiger partial charge on any atom is 0.1000 e. The first-order chi connectivity index (χ1) is 6.29. The molecule has 70 valence electrons. The molecule has 1 aliphatic heterocycles. The average Bonchev–Trinajstić information content (AvgIpc) is 2.49. The minimum atomic E-state index is 0.242. The van der Waals surface area contributed by atoms with E-state index in [9.17, 15) is 0 Å². The molecule has 1 heterocycles. The van der Waals surface area contributed by atoms with Gasteiger partial charge < -0.3 is 4.74 Å². The summed E-state index contributed by atoms with van der Waals surface area (Å²) in [5.74, 6) is 0. The van der Waals surface area contributed by atoms with Gasteiger partial charge in [0.15, 0.2) is 0 Å². The smallest absolute Gasteiger partial charge is 0.1000 e. The third-order valence-corrected chi connectivity index (χ3v) is 2.72. The van der Waals surface area contributed by atoms with E-state index in [1.165, 1.54) is 5.56 Å². The molecule has 2 heteroatoms. The number of ether oxygens (including phenoxy) is 1. The van der Waals surface area contributed by atoms with Crippen LogP contribution in [0.25, 0.3) is 0 Å². The summed E-state index contributed by atoms with van der Waals surface area (Å²) in [7, 11) is 2.09. The van der Waals surface area contributed by atoms with Gasteiger partial charge in [0.1, 0.15) is 0 Å². The molecule has 13 heavy (non-hydrogen) atoms. The molecule has 1 aromatic carbocycles. The van der Waals surface area contributed by atoms with E-state index in [0.29, 0.717) is 6.04 Å². The van der Waals surface area contributed by atoms with Gasteiger partial charge in [0.25, 0.3) is 0 Å². The van der Waals surface area contributed by atoms with Crippen molar-refractivity contribution in [2.75, 3.05) is 13.8 Å². The van der Waals surface area contributed by atoms with E-state index in [0.717, 1.165) is 6.73 Å². The van der Waals surface area contributed by atoms with Crippen LogP contribution in [0.2, 0.25) is 0 Å². The first-order valence-electron chi connectivity index (χ1n) is 4.66. The maximum atomic E-state index is 5.69. The second kappa shape index (κ2) is 3.48. The fourth-order valence-corrected chi connectivity index (χ4v) is 1.70. The standard InChI is InChI=1S/C11H15NO/c1-9-11(13-8-12(9)2)10-6-4-3-5-7-10/h3-7,9,11H,8H2,1-2H3/t9-,11-/m0/s1. The molecule has 0 spiro atoms. The summed E-state index contributed by atoms with van der Waals surface area (Å²) in [5, 5.41) is 0. The zero-order valence-corrected chi connectivity index (χ0v) is 8.10.